The number of halogens is 3. The van der Waals surface area contributed by atoms with Gasteiger partial charge in [0.2, 0.25) is 10.0 Å². The van der Waals surface area contributed by atoms with Crippen molar-refractivity contribution in [3.05, 3.63) is 96.3 Å². The zero-order chi connectivity index (χ0) is 27.2. The Balaban J connectivity index is 1.46. The Bertz CT molecular complexity index is 1500. The molecule has 0 amide bonds. The second kappa shape index (κ2) is 11.5. The van der Waals surface area contributed by atoms with Crippen molar-refractivity contribution in [3.63, 3.8) is 0 Å². The first-order valence-corrected chi connectivity index (χ1v) is 13.1. The standard InChI is InChI=1S/C26H23F3N4O4S/c1-38(34,35)32-15-18-5-4-7-20(13-18)33-25-14-24(30-17-31-25)23-8-3-2-6-19(23)16-36-21-9-11-22(12-10-21)37-26(27,28)29/h2-14,17,32H,15-16H2,1H3,(H,30,31,33). The van der Waals surface area contributed by atoms with Crippen LogP contribution in [-0.2, 0) is 23.2 Å². The van der Waals surface area contributed by atoms with Gasteiger partial charge in [0.25, 0.3) is 0 Å². The van der Waals surface area contributed by atoms with Crippen molar-refractivity contribution in [2.75, 3.05) is 11.6 Å². The van der Waals surface area contributed by atoms with E-state index < -0.39 is 16.4 Å². The molecule has 0 saturated heterocycles. The summed E-state index contributed by atoms with van der Waals surface area (Å²) in [4.78, 5) is 8.66. The van der Waals surface area contributed by atoms with Crippen LogP contribution in [0.4, 0.5) is 24.7 Å². The molecule has 198 valence electrons. The van der Waals surface area contributed by atoms with E-state index in [2.05, 4.69) is 24.7 Å². The number of anilines is 2. The van der Waals surface area contributed by atoms with Crippen molar-refractivity contribution < 1.29 is 31.1 Å². The number of hydrogen-bond donors (Lipinski definition) is 2. The van der Waals surface area contributed by atoms with Crippen LogP contribution < -0.4 is 19.5 Å². The average Bonchev–Trinajstić information content (AvgIpc) is 2.86. The summed E-state index contributed by atoms with van der Waals surface area (Å²) >= 11 is 0. The number of rotatable bonds is 10. The van der Waals surface area contributed by atoms with Gasteiger partial charge in [-0.15, -0.1) is 13.2 Å². The van der Waals surface area contributed by atoms with Crippen molar-refractivity contribution in [2.45, 2.75) is 19.5 Å². The van der Waals surface area contributed by atoms with Crippen LogP contribution in [0.5, 0.6) is 11.5 Å². The highest BCUT2D eigenvalue weighted by Gasteiger charge is 2.31. The predicted octanol–water partition coefficient (Wildman–Crippen LogP) is 5.41. The Morgan fingerprint density at radius 2 is 1.63 bits per heavy atom. The topological polar surface area (TPSA) is 102 Å². The lowest BCUT2D eigenvalue weighted by Gasteiger charge is -2.13. The molecule has 12 heteroatoms. The van der Waals surface area contributed by atoms with Gasteiger partial charge in [-0.2, -0.15) is 0 Å². The third-order valence-corrected chi connectivity index (χ3v) is 5.82. The van der Waals surface area contributed by atoms with Gasteiger partial charge in [0, 0.05) is 23.9 Å². The van der Waals surface area contributed by atoms with Crippen LogP contribution in [-0.4, -0.2) is 31.0 Å². The molecule has 0 fully saturated rings. The zero-order valence-corrected chi connectivity index (χ0v) is 20.9. The van der Waals surface area contributed by atoms with E-state index in [1.54, 1.807) is 12.1 Å². The molecule has 0 unspecified atom stereocenters. The summed E-state index contributed by atoms with van der Waals surface area (Å²) < 4.78 is 72.0. The van der Waals surface area contributed by atoms with Gasteiger partial charge in [0.15, 0.2) is 0 Å². The van der Waals surface area contributed by atoms with E-state index in [0.717, 1.165) is 28.6 Å². The fourth-order valence-electron chi connectivity index (χ4n) is 3.49. The number of benzene rings is 3. The van der Waals surface area contributed by atoms with Gasteiger partial charge in [-0.3, -0.25) is 0 Å². The van der Waals surface area contributed by atoms with E-state index in [-0.39, 0.29) is 18.9 Å². The van der Waals surface area contributed by atoms with E-state index >= 15 is 0 Å². The Morgan fingerprint density at radius 1 is 0.895 bits per heavy atom. The van der Waals surface area contributed by atoms with E-state index in [0.29, 0.717) is 17.3 Å². The third-order valence-electron chi connectivity index (χ3n) is 5.15. The van der Waals surface area contributed by atoms with Crippen LogP contribution in [0.1, 0.15) is 11.1 Å². The Morgan fingerprint density at radius 3 is 2.37 bits per heavy atom. The second-order valence-electron chi connectivity index (χ2n) is 8.17. The monoisotopic (exact) mass is 544 g/mol. The van der Waals surface area contributed by atoms with Gasteiger partial charge in [-0.25, -0.2) is 23.1 Å². The minimum atomic E-state index is -4.76. The van der Waals surface area contributed by atoms with Gasteiger partial charge in [0.1, 0.15) is 30.3 Å². The van der Waals surface area contributed by atoms with E-state index in [1.807, 2.05) is 42.5 Å². The summed E-state index contributed by atoms with van der Waals surface area (Å²) in [5.41, 5.74) is 3.72. The summed E-state index contributed by atoms with van der Waals surface area (Å²) in [5.74, 6) is 0.576. The van der Waals surface area contributed by atoms with Crippen LogP contribution in [0.2, 0.25) is 0 Å². The maximum Gasteiger partial charge on any atom is 0.573 e. The highest BCUT2D eigenvalue weighted by molar-refractivity contribution is 7.88. The lowest BCUT2D eigenvalue weighted by molar-refractivity contribution is -0.274. The van der Waals surface area contributed by atoms with Crippen molar-refractivity contribution in [3.8, 4) is 22.8 Å². The quantitative estimate of drug-likeness (QED) is 0.275. The van der Waals surface area contributed by atoms with Crippen molar-refractivity contribution in [1.82, 2.24) is 14.7 Å². The highest BCUT2D eigenvalue weighted by atomic mass is 32.2. The molecule has 0 spiro atoms. The summed E-state index contributed by atoms with van der Waals surface area (Å²) in [6.07, 6.45) is -2.24. The van der Waals surface area contributed by atoms with Crippen molar-refractivity contribution in [2.24, 2.45) is 0 Å². The minimum Gasteiger partial charge on any atom is -0.489 e. The molecule has 0 aliphatic carbocycles. The lowest BCUT2D eigenvalue weighted by Crippen LogP contribution is -2.21. The molecule has 0 aliphatic rings. The third kappa shape index (κ3) is 8.18. The van der Waals surface area contributed by atoms with E-state index in [9.17, 15) is 21.6 Å². The SMILES string of the molecule is CS(=O)(=O)NCc1cccc(Nc2cc(-c3ccccc3COc3ccc(OC(F)(F)F)cc3)ncn2)c1. The first kappa shape index (κ1) is 26.9. The zero-order valence-electron chi connectivity index (χ0n) is 20.1. The number of ether oxygens (including phenoxy) is 2. The summed E-state index contributed by atoms with van der Waals surface area (Å²) in [5, 5.41) is 3.20. The van der Waals surface area contributed by atoms with Crippen LogP contribution in [0.3, 0.4) is 0 Å². The molecular formula is C26H23F3N4O4S. The molecule has 4 aromatic rings. The van der Waals surface area contributed by atoms with Crippen LogP contribution in [0.25, 0.3) is 11.3 Å². The molecule has 1 aromatic heterocycles. The molecule has 38 heavy (non-hydrogen) atoms. The Kier molecular flexibility index (Phi) is 8.13. The first-order chi connectivity index (χ1) is 18.0. The minimum absolute atomic E-state index is 0.151. The van der Waals surface area contributed by atoms with Gasteiger partial charge >= 0.3 is 6.36 Å². The molecule has 0 aliphatic heterocycles. The molecule has 2 N–H and O–H groups in total. The van der Waals surface area contributed by atoms with E-state index in [1.165, 1.54) is 30.6 Å². The molecule has 8 nitrogen and oxygen atoms in total. The number of alkyl halides is 3. The highest BCUT2D eigenvalue weighted by Crippen LogP contribution is 2.28. The predicted molar refractivity (Wildman–Crippen MR) is 136 cm³/mol. The largest absolute Gasteiger partial charge is 0.573 e. The fourth-order valence-corrected chi connectivity index (χ4v) is 3.92. The van der Waals surface area contributed by atoms with Crippen LogP contribution in [0, 0.1) is 0 Å². The molecule has 1 heterocycles. The second-order valence-corrected chi connectivity index (χ2v) is 10.0. The number of nitrogens with zero attached hydrogens (tertiary/aromatic N) is 2. The van der Waals surface area contributed by atoms with E-state index in [4.69, 9.17) is 4.74 Å². The smallest absolute Gasteiger partial charge is 0.489 e. The molecule has 0 saturated carbocycles. The molecule has 4 rings (SSSR count). The Labute approximate surface area is 217 Å². The normalized spacial score (nSPS) is 11.7. The lowest BCUT2D eigenvalue weighted by atomic mass is 10.0. The maximum absolute atomic E-state index is 12.4. The van der Waals surface area contributed by atoms with Gasteiger partial charge < -0.3 is 14.8 Å². The number of sulfonamides is 1. The Hall–Kier alpha value is -4.16. The van der Waals surface area contributed by atoms with Crippen molar-refractivity contribution >= 4 is 21.5 Å². The summed E-state index contributed by atoms with van der Waals surface area (Å²) in [7, 11) is -3.31. The number of hydrogen-bond acceptors (Lipinski definition) is 7. The van der Waals surface area contributed by atoms with Crippen LogP contribution >= 0.6 is 0 Å². The first-order valence-electron chi connectivity index (χ1n) is 11.2. The van der Waals surface area contributed by atoms with Gasteiger partial charge in [-0.1, -0.05) is 36.4 Å². The van der Waals surface area contributed by atoms with Crippen molar-refractivity contribution in [1.29, 1.82) is 0 Å². The van der Waals surface area contributed by atoms with Crippen LogP contribution in [0.15, 0.2) is 85.2 Å². The molecule has 0 radical (unpaired) electrons. The fraction of sp³-hybridized carbons (Fsp3) is 0.154. The maximum atomic E-state index is 12.4. The molecule has 3 aromatic carbocycles. The van der Waals surface area contributed by atoms with Gasteiger partial charge in [-0.05, 0) is 47.5 Å². The molecular weight excluding hydrogens is 521 g/mol. The number of aromatic nitrogens is 2. The molecule has 0 bridgehead atoms. The average molecular weight is 545 g/mol. The number of nitrogens with one attached hydrogen (secondary N) is 2. The summed E-state index contributed by atoms with van der Waals surface area (Å²) in [6.45, 7) is 0.312. The molecule has 0 atom stereocenters. The summed E-state index contributed by atoms with van der Waals surface area (Å²) in [6, 6.07) is 21.6. The van der Waals surface area contributed by atoms with Gasteiger partial charge in [0.05, 0.1) is 11.9 Å².